The van der Waals surface area contributed by atoms with E-state index in [4.69, 9.17) is 4.74 Å². The Balaban J connectivity index is 1.46. The largest absolute Gasteiger partial charge is 0.491 e. The van der Waals surface area contributed by atoms with Crippen LogP contribution in [0.15, 0.2) is 42.6 Å². The second kappa shape index (κ2) is 8.74. The zero-order valence-corrected chi connectivity index (χ0v) is 14.7. The minimum Gasteiger partial charge on any atom is -0.491 e. The second-order valence-electron chi connectivity index (χ2n) is 6.31. The second-order valence-corrected chi connectivity index (χ2v) is 6.31. The van der Waals surface area contributed by atoms with Crippen LogP contribution >= 0.6 is 0 Å². The summed E-state index contributed by atoms with van der Waals surface area (Å²) in [6, 6.07) is 8.64. The monoisotopic (exact) mass is 376 g/mol. The van der Waals surface area contributed by atoms with Crippen molar-refractivity contribution in [3.63, 3.8) is 0 Å². The number of rotatable bonds is 7. The number of piperazine rings is 1. The number of nitrogens with zero attached hydrogens (tertiary/aromatic N) is 4. The predicted molar refractivity (Wildman–Crippen MR) is 97.4 cm³/mol. The normalized spacial score (nSPS) is 16.1. The van der Waals surface area contributed by atoms with Crippen molar-refractivity contribution in [3.05, 3.63) is 58.5 Å². The number of nitro groups is 1. The molecule has 1 unspecified atom stereocenters. The fourth-order valence-corrected chi connectivity index (χ4v) is 2.99. The Bertz CT molecular complexity index is 766. The lowest BCUT2D eigenvalue weighted by atomic mass is 10.2. The topological polar surface area (TPSA) is 92.0 Å². The number of hydrogen-bond donors (Lipinski definition) is 1. The van der Waals surface area contributed by atoms with Crippen molar-refractivity contribution >= 4 is 11.5 Å². The molecule has 1 N–H and O–H groups in total. The van der Waals surface area contributed by atoms with Gasteiger partial charge in [0.25, 0.3) is 0 Å². The van der Waals surface area contributed by atoms with Crippen molar-refractivity contribution in [1.82, 2.24) is 9.88 Å². The van der Waals surface area contributed by atoms with Gasteiger partial charge in [0, 0.05) is 45.0 Å². The van der Waals surface area contributed by atoms with Crippen LogP contribution in [0.4, 0.5) is 15.9 Å². The molecule has 3 rings (SSSR count). The molecular weight excluding hydrogens is 355 g/mol. The van der Waals surface area contributed by atoms with E-state index in [9.17, 15) is 19.6 Å². The van der Waals surface area contributed by atoms with Crippen molar-refractivity contribution < 1.29 is 19.2 Å². The Morgan fingerprint density at radius 3 is 2.59 bits per heavy atom. The highest BCUT2D eigenvalue weighted by Gasteiger charge is 2.25. The number of halogens is 1. The first-order valence-corrected chi connectivity index (χ1v) is 8.66. The Labute approximate surface area is 156 Å². The number of hydrogen-bond acceptors (Lipinski definition) is 7. The maximum Gasteiger partial charge on any atom is 0.311 e. The summed E-state index contributed by atoms with van der Waals surface area (Å²) >= 11 is 0. The highest BCUT2D eigenvalue weighted by Crippen LogP contribution is 2.25. The molecule has 0 amide bonds. The van der Waals surface area contributed by atoms with Gasteiger partial charge in [-0.1, -0.05) is 0 Å². The lowest BCUT2D eigenvalue weighted by Gasteiger charge is -2.35. The van der Waals surface area contributed by atoms with Crippen LogP contribution in [0.5, 0.6) is 5.75 Å². The fraction of sp³-hybridized carbons (Fsp3) is 0.389. The molecule has 1 fully saturated rings. The summed E-state index contributed by atoms with van der Waals surface area (Å²) < 4.78 is 18.3. The smallest absolute Gasteiger partial charge is 0.311 e. The average molecular weight is 376 g/mol. The first-order valence-electron chi connectivity index (χ1n) is 8.66. The molecule has 9 heteroatoms. The van der Waals surface area contributed by atoms with Crippen molar-refractivity contribution in [1.29, 1.82) is 0 Å². The Hall–Kier alpha value is -2.78. The molecule has 1 aromatic carbocycles. The molecule has 2 aromatic rings. The summed E-state index contributed by atoms with van der Waals surface area (Å²) in [5.74, 6) is 0.541. The van der Waals surface area contributed by atoms with E-state index in [-0.39, 0.29) is 18.1 Å². The third-order valence-electron chi connectivity index (χ3n) is 4.36. The first kappa shape index (κ1) is 19.0. The summed E-state index contributed by atoms with van der Waals surface area (Å²) in [6.07, 6.45) is 0.858. The average Bonchev–Trinajstić information content (AvgIpc) is 2.68. The zero-order valence-electron chi connectivity index (χ0n) is 14.7. The fourth-order valence-electron chi connectivity index (χ4n) is 2.99. The third-order valence-corrected chi connectivity index (χ3v) is 4.36. The van der Waals surface area contributed by atoms with Gasteiger partial charge >= 0.3 is 5.69 Å². The first-order chi connectivity index (χ1) is 13.0. The van der Waals surface area contributed by atoms with Crippen molar-refractivity contribution in [2.45, 2.75) is 6.10 Å². The molecule has 8 nitrogen and oxygen atoms in total. The minimum atomic E-state index is -0.689. The summed E-state index contributed by atoms with van der Waals surface area (Å²) in [4.78, 5) is 18.8. The van der Waals surface area contributed by atoms with E-state index in [1.54, 1.807) is 12.3 Å². The van der Waals surface area contributed by atoms with Gasteiger partial charge in [0.1, 0.15) is 24.3 Å². The lowest BCUT2D eigenvalue weighted by Crippen LogP contribution is -2.49. The molecule has 0 radical (unpaired) electrons. The van der Waals surface area contributed by atoms with Gasteiger partial charge in [0.05, 0.1) is 4.92 Å². The molecule has 1 aliphatic heterocycles. The zero-order chi connectivity index (χ0) is 19.2. The van der Waals surface area contributed by atoms with Crippen LogP contribution < -0.4 is 9.64 Å². The molecule has 0 aliphatic carbocycles. The van der Waals surface area contributed by atoms with Gasteiger partial charge in [-0.05, 0) is 30.3 Å². The van der Waals surface area contributed by atoms with Crippen LogP contribution in [0.2, 0.25) is 0 Å². The van der Waals surface area contributed by atoms with Crippen molar-refractivity contribution in [2.75, 3.05) is 44.2 Å². The summed E-state index contributed by atoms with van der Waals surface area (Å²) in [7, 11) is 0. The quantitative estimate of drug-likeness (QED) is 0.581. The number of aliphatic hydroxyl groups is 1. The Morgan fingerprint density at radius 1 is 1.22 bits per heavy atom. The van der Waals surface area contributed by atoms with Gasteiger partial charge in [-0.2, -0.15) is 0 Å². The van der Waals surface area contributed by atoms with Gasteiger partial charge in [0.2, 0.25) is 5.82 Å². The minimum absolute atomic E-state index is 0.00122. The van der Waals surface area contributed by atoms with E-state index in [1.165, 1.54) is 30.3 Å². The molecule has 0 saturated carbocycles. The summed E-state index contributed by atoms with van der Waals surface area (Å²) in [6.45, 7) is 3.02. The molecule has 1 saturated heterocycles. The molecule has 27 heavy (non-hydrogen) atoms. The Kier molecular flexibility index (Phi) is 6.15. The standard InChI is InChI=1S/C18H21FN4O4/c19-14-3-5-16(6-4-14)27-13-15(24)12-21-8-10-22(11-9-21)18-17(23(25)26)2-1-7-20-18/h1-7,15,24H,8-13H2. The summed E-state index contributed by atoms with van der Waals surface area (Å²) in [5, 5.41) is 21.3. The van der Waals surface area contributed by atoms with E-state index in [0.29, 0.717) is 44.3 Å². The summed E-state index contributed by atoms with van der Waals surface area (Å²) in [5.41, 5.74) is -0.00122. The van der Waals surface area contributed by atoms with Crippen LogP contribution in [0, 0.1) is 15.9 Å². The van der Waals surface area contributed by atoms with Gasteiger partial charge < -0.3 is 14.7 Å². The molecule has 1 aromatic heterocycles. The number of aromatic nitrogens is 1. The number of anilines is 1. The molecule has 0 bridgehead atoms. The maximum absolute atomic E-state index is 12.9. The number of benzene rings is 1. The van der Waals surface area contributed by atoms with E-state index >= 15 is 0 Å². The van der Waals surface area contributed by atoms with E-state index in [2.05, 4.69) is 9.88 Å². The van der Waals surface area contributed by atoms with Gasteiger partial charge in [-0.25, -0.2) is 9.37 Å². The number of ether oxygens (including phenoxy) is 1. The van der Waals surface area contributed by atoms with Gasteiger partial charge in [-0.15, -0.1) is 0 Å². The maximum atomic E-state index is 12.9. The molecule has 1 atom stereocenters. The van der Waals surface area contributed by atoms with Crippen LogP contribution in [-0.2, 0) is 0 Å². The lowest BCUT2D eigenvalue weighted by molar-refractivity contribution is -0.384. The molecular formula is C18H21FN4O4. The molecule has 2 heterocycles. The van der Waals surface area contributed by atoms with Crippen LogP contribution in [0.3, 0.4) is 0 Å². The van der Waals surface area contributed by atoms with E-state index in [0.717, 1.165) is 0 Å². The van der Waals surface area contributed by atoms with E-state index in [1.807, 2.05) is 4.90 Å². The highest BCUT2D eigenvalue weighted by molar-refractivity contribution is 5.57. The molecule has 144 valence electrons. The van der Waals surface area contributed by atoms with Crippen molar-refractivity contribution in [2.24, 2.45) is 0 Å². The number of pyridine rings is 1. The Morgan fingerprint density at radius 2 is 1.93 bits per heavy atom. The molecule has 0 spiro atoms. The number of aliphatic hydroxyl groups excluding tert-OH is 1. The van der Waals surface area contributed by atoms with E-state index < -0.39 is 11.0 Å². The predicted octanol–water partition coefficient (Wildman–Crippen LogP) is 1.69. The van der Waals surface area contributed by atoms with Gasteiger partial charge in [-0.3, -0.25) is 15.0 Å². The van der Waals surface area contributed by atoms with Crippen LogP contribution in [0.1, 0.15) is 0 Å². The van der Waals surface area contributed by atoms with Crippen molar-refractivity contribution in [3.8, 4) is 5.75 Å². The molecule has 1 aliphatic rings. The van der Waals surface area contributed by atoms with Gasteiger partial charge in [0.15, 0.2) is 0 Å². The number of β-amino-alcohol motifs (C(OH)–C–C–N with tert-alkyl or cyclic N) is 1. The van der Waals surface area contributed by atoms with Crippen LogP contribution in [-0.4, -0.2) is 65.3 Å². The highest BCUT2D eigenvalue weighted by atomic mass is 19.1. The van der Waals surface area contributed by atoms with Crippen LogP contribution in [0.25, 0.3) is 0 Å². The third kappa shape index (κ3) is 5.11. The SMILES string of the molecule is O=[N+]([O-])c1cccnc1N1CCN(CC(O)COc2ccc(F)cc2)CC1.